The van der Waals surface area contributed by atoms with E-state index in [0.717, 1.165) is 16.3 Å². The first-order valence-corrected chi connectivity index (χ1v) is 8.64. The number of Topliss-reactive ketones (excluding diaryl/α,β-unsaturated/α-hetero) is 1. The number of rotatable bonds is 3. The topological polar surface area (TPSA) is 52.6 Å². The second-order valence-corrected chi connectivity index (χ2v) is 6.24. The largest absolute Gasteiger partial charge is 0.484 e. The maximum atomic E-state index is 13.0. The van der Waals surface area contributed by atoms with Crippen LogP contribution in [0, 0.1) is 5.92 Å². The fourth-order valence-corrected chi connectivity index (χ4v) is 3.39. The molecule has 2 atom stereocenters. The van der Waals surface area contributed by atoms with E-state index in [0.29, 0.717) is 11.3 Å². The minimum Gasteiger partial charge on any atom is -0.484 e. The molecule has 0 saturated heterocycles. The number of fused-ring (bicyclic) bond motifs is 2. The highest BCUT2D eigenvalue weighted by molar-refractivity contribution is 6.11. The molecule has 0 amide bonds. The van der Waals surface area contributed by atoms with Gasteiger partial charge in [-0.25, -0.2) is 0 Å². The fraction of sp³-hybridized carbons (Fsp3) is 0.182. The molecule has 0 fully saturated rings. The zero-order valence-corrected chi connectivity index (χ0v) is 14.3. The number of hydrogen-bond acceptors (Lipinski definition) is 4. The molecule has 4 rings (SSSR count). The Bertz CT molecular complexity index is 992. The van der Waals surface area contributed by atoms with E-state index in [1.54, 1.807) is 25.1 Å². The van der Waals surface area contributed by atoms with Gasteiger partial charge < -0.3 is 9.47 Å². The van der Waals surface area contributed by atoms with E-state index in [-0.39, 0.29) is 12.4 Å². The Hall–Kier alpha value is -3.14. The normalized spacial score (nSPS) is 18.9. The van der Waals surface area contributed by atoms with Gasteiger partial charge >= 0.3 is 5.97 Å². The van der Waals surface area contributed by atoms with Gasteiger partial charge in [-0.1, -0.05) is 48.5 Å². The van der Waals surface area contributed by atoms with Crippen LogP contribution >= 0.6 is 0 Å². The summed E-state index contributed by atoms with van der Waals surface area (Å²) < 4.78 is 11.3. The van der Waals surface area contributed by atoms with Crippen molar-refractivity contribution in [3.8, 4) is 5.75 Å². The average Bonchev–Trinajstić information content (AvgIpc) is 2.67. The first-order valence-electron chi connectivity index (χ1n) is 8.64. The van der Waals surface area contributed by atoms with Crippen LogP contribution < -0.4 is 4.74 Å². The van der Waals surface area contributed by atoms with Crippen molar-refractivity contribution in [2.75, 3.05) is 6.61 Å². The lowest BCUT2D eigenvalue weighted by Gasteiger charge is -2.31. The predicted molar refractivity (Wildman–Crippen MR) is 98.2 cm³/mol. The Balaban J connectivity index is 1.82. The standard InChI is InChI=1S/C22H18O4/c1-2-25-22(24)19-20(23)17-9-5-6-10-18(17)26-21(19)16-12-11-14-7-3-4-8-15(14)13-16/h3-13,19,21H,2H2,1H3. The van der Waals surface area contributed by atoms with Crippen LogP contribution in [0.25, 0.3) is 10.8 Å². The van der Waals surface area contributed by atoms with E-state index in [2.05, 4.69) is 0 Å². The van der Waals surface area contributed by atoms with E-state index < -0.39 is 18.0 Å². The quantitative estimate of drug-likeness (QED) is 0.523. The van der Waals surface area contributed by atoms with Crippen molar-refractivity contribution in [2.24, 2.45) is 5.92 Å². The fourth-order valence-electron chi connectivity index (χ4n) is 3.39. The smallest absolute Gasteiger partial charge is 0.321 e. The summed E-state index contributed by atoms with van der Waals surface area (Å²) in [5.41, 5.74) is 1.20. The minimum absolute atomic E-state index is 0.217. The van der Waals surface area contributed by atoms with Gasteiger partial charge in [-0.2, -0.15) is 0 Å². The summed E-state index contributed by atoms with van der Waals surface area (Å²) in [5, 5.41) is 2.12. The molecule has 0 radical (unpaired) electrons. The molecule has 130 valence electrons. The molecule has 4 nitrogen and oxygen atoms in total. The number of esters is 1. The lowest BCUT2D eigenvalue weighted by Crippen LogP contribution is -2.38. The Labute approximate surface area is 151 Å². The SMILES string of the molecule is CCOC(=O)C1C(=O)c2ccccc2OC1c1ccc2ccccc2c1. The number of hydrogen-bond donors (Lipinski definition) is 0. The summed E-state index contributed by atoms with van der Waals surface area (Å²) in [6.07, 6.45) is -0.707. The third-order valence-electron chi connectivity index (χ3n) is 4.63. The third kappa shape index (κ3) is 2.73. The van der Waals surface area contributed by atoms with Crippen LogP contribution in [-0.4, -0.2) is 18.4 Å². The maximum Gasteiger partial charge on any atom is 0.321 e. The van der Waals surface area contributed by atoms with Crippen LogP contribution in [0.4, 0.5) is 0 Å². The van der Waals surface area contributed by atoms with E-state index in [1.165, 1.54) is 0 Å². The highest BCUT2D eigenvalue weighted by Gasteiger charge is 2.43. The van der Waals surface area contributed by atoms with Gasteiger partial charge in [-0.3, -0.25) is 9.59 Å². The number of benzene rings is 3. The van der Waals surface area contributed by atoms with E-state index in [9.17, 15) is 9.59 Å². The summed E-state index contributed by atoms with van der Waals surface area (Å²) in [7, 11) is 0. The van der Waals surface area contributed by atoms with Crippen LogP contribution in [0.15, 0.2) is 66.7 Å². The molecule has 0 N–H and O–H groups in total. The first kappa shape index (κ1) is 16.3. The van der Waals surface area contributed by atoms with E-state index in [1.807, 2.05) is 48.5 Å². The van der Waals surface area contributed by atoms with Gasteiger partial charge in [-0.05, 0) is 41.5 Å². The van der Waals surface area contributed by atoms with Crippen molar-refractivity contribution < 1.29 is 19.1 Å². The second kappa shape index (κ2) is 6.64. The average molecular weight is 346 g/mol. The van der Waals surface area contributed by atoms with Gasteiger partial charge in [0, 0.05) is 0 Å². The monoisotopic (exact) mass is 346 g/mol. The van der Waals surface area contributed by atoms with Gasteiger partial charge in [0.05, 0.1) is 12.2 Å². The molecule has 2 unspecified atom stereocenters. The zero-order chi connectivity index (χ0) is 18.1. The number of carbonyl (C=O) groups is 2. The molecule has 0 aromatic heterocycles. The molecule has 0 saturated carbocycles. The highest BCUT2D eigenvalue weighted by Crippen LogP contribution is 2.39. The summed E-state index contributed by atoms with van der Waals surface area (Å²) >= 11 is 0. The molecule has 1 aliphatic rings. The Morgan fingerprint density at radius 1 is 1.00 bits per heavy atom. The van der Waals surface area contributed by atoms with Crippen molar-refractivity contribution >= 4 is 22.5 Å². The zero-order valence-electron chi connectivity index (χ0n) is 14.3. The van der Waals surface area contributed by atoms with Crippen molar-refractivity contribution in [2.45, 2.75) is 13.0 Å². The van der Waals surface area contributed by atoms with E-state index in [4.69, 9.17) is 9.47 Å². The lowest BCUT2D eigenvalue weighted by molar-refractivity contribution is -0.149. The van der Waals surface area contributed by atoms with Crippen molar-refractivity contribution in [3.63, 3.8) is 0 Å². The molecule has 1 aliphatic heterocycles. The maximum absolute atomic E-state index is 13.0. The molecule has 0 spiro atoms. The minimum atomic E-state index is -1.01. The van der Waals surface area contributed by atoms with Crippen molar-refractivity contribution in [1.82, 2.24) is 0 Å². The van der Waals surface area contributed by atoms with Crippen LogP contribution in [-0.2, 0) is 9.53 Å². The Morgan fingerprint density at radius 3 is 2.54 bits per heavy atom. The number of ketones is 1. The van der Waals surface area contributed by atoms with E-state index >= 15 is 0 Å². The predicted octanol–water partition coefficient (Wildman–Crippen LogP) is 4.34. The van der Waals surface area contributed by atoms with Crippen LogP contribution in [0.2, 0.25) is 0 Å². The number of para-hydroxylation sites is 1. The second-order valence-electron chi connectivity index (χ2n) is 6.24. The molecule has 0 aliphatic carbocycles. The van der Waals surface area contributed by atoms with Gasteiger partial charge in [0.25, 0.3) is 0 Å². The molecule has 0 bridgehead atoms. The summed E-state index contributed by atoms with van der Waals surface area (Å²) in [4.78, 5) is 25.5. The number of carbonyl (C=O) groups excluding carboxylic acids is 2. The lowest BCUT2D eigenvalue weighted by atomic mass is 9.85. The van der Waals surface area contributed by atoms with Crippen molar-refractivity contribution in [1.29, 1.82) is 0 Å². The molecule has 1 heterocycles. The highest BCUT2D eigenvalue weighted by atomic mass is 16.5. The van der Waals surface area contributed by atoms with Crippen LogP contribution in [0.5, 0.6) is 5.75 Å². The molecule has 3 aromatic rings. The van der Waals surface area contributed by atoms with Gasteiger partial charge in [0.15, 0.2) is 11.7 Å². The summed E-state index contributed by atoms with van der Waals surface area (Å²) in [6.45, 7) is 1.94. The van der Waals surface area contributed by atoms with Gasteiger partial charge in [0.2, 0.25) is 0 Å². The van der Waals surface area contributed by atoms with Gasteiger partial charge in [-0.15, -0.1) is 0 Å². The molecule has 3 aromatic carbocycles. The molecule has 26 heavy (non-hydrogen) atoms. The van der Waals surface area contributed by atoms with Crippen molar-refractivity contribution in [3.05, 3.63) is 77.9 Å². The first-order chi connectivity index (χ1) is 12.7. The Kier molecular flexibility index (Phi) is 4.17. The van der Waals surface area contributed by atoms with Gasteiger partial charge in [0.1, 0.15) is 11.9 Å². The summed E-state index contributed by atoms with van der Waals surface area (Å²) in [5.74, 6) is -1.32. The Morgan fingerprint density at radius 2 is 1.73 bits per heavy atom. The molecular formula is C22H18O4. The van der Waals surface area contributed by atoms with Crippen LogP contribution in [0.3, 0.4) is 0 Å². The molecular weight excluding hydrogens is 328 g/mol. The summed E-state index contributed by atoms with van der Waals surface area (Å²) in [6, 6.07) is 20.8. The molecule has 4 heteroatoms. The third-order valence-corrected chi connectivity index (χ3v) is 4.63. The number of ether oxygens (including phenoxy) is 2. The van der Waals surface area contributed by atoms with Crippen LogP contribution in [0.1, 0.15) is 28.9 Å².